The molecule has 0 aliphatic rings. The van der Waals surface area contributed by atoms with E-state index in [1.54, 1.807) is 12.3 Å². The van der Waals surface area contributed by atoms with E-state index in [-0.39, 0.29) is 29.6 Å². The van der Waals surface area contributed by atoms with Crippen LogP contribution in [0.1, 0.15) is 0 Å². The Morgan fingerprint density at radius 3 is 2.73 bits per heavy atom. The van der Waals surface area contributed by atoms with Crippen LogP contribution in [0.5, 0.6) is 0 Å². The first-order valence-electron chi connectivity index (χ1n) is 2.53. The number of nitrogens with zero attached hydrogens (tertiary/aromatic N) is 2. The normalized spacial score (nSPS) is 8.09. The predicted octanol–water partition coefficient (Wildman–Crippen LogP) is -1.22. The zero-order valence-electron chi connectivity index (χ0n) is 5.91. The molecular formula is C5H4IN3NaO+. The van der Waals surface area contributed by atoms with Gasteiger partial charge in [-0.25, -0.2) is 10.4 Å². The first-order valence-corrected chi connectivity index (χ1v) is 3.61. The fraction of sp³-hybridized carbons (Fsp3) is 0. The van der Waals surface area contributed by atoms with Gasteiger partial charge in [-0.15, -0.1) is 4.91 Å². The summed E-state index contributed by atoms with van der Waals surface area (Å²) in [5.74, 6) is 0.468. The Balaban J connectivity index is 0.000001000. The number of pyridine rings is 1. The Kier molecular flexibility index (Phi) is 6.02. The minimum atomic E-state index is 0. The third-order valence-corrected chi connectivity index (χ3v) is 1.53. The average molecular weight is 272 g/mol. The molecule has 0 aliphatic carbocycles. The van der Waals surface area contributed by atoms with Crippen molar-refractivity contribution >= 4 is 28.4 Å². The van der Waals surface area contributed by atoms with Crippen LogP contribution in [0.4, 0.5) is 5.82 Å². The van der Waals surface area contributed by atoms with Gasteiger partial charge in [0.1, 0.15) is 5.82 Å². The van der Waals surface area contributed by atoms with Crippen LogP contribution in [0.15, 0.2) is 23.6 Å². The number of halogens is 1. The molecule has 0 saturated heterocycles. The number of aromatic nitrogens is 1. The zero-order chi connectivity index (χ0) is 7.40. The fourth-order valence-corrected chi connectivity index (χ4v) is 0.808. The van der Waals surface area contributed by atoms with E-state index in [0.29, 0.717) is 5.82 Å². The van der Waals surface area contributed by atoms with Crippen LogP contribution in [0.2, 0.25) is 0 Å². The van der Waals surface area contributed by atoms with E-state index in [1.807, 2.05) is 6.07 Å². The van der Waals surface area contributed by atoms with Crippen molar-refractivity contribution in [1.29, 1.82) is 0 Å². The molecule has 1 aromatic rings. The van der Waals surface area contributed by atoms with Crippen molar-refractivity contribution in [1.82, 2.24) is 4.98 Å². The molecule has 0 aliphatic heterocycles. The molecule has 0 aromatic carbocycles. The maximum absolute atomic E-state index is 9.66. The molecule has 1 aromatic heterocycles. The summed E-state index contributed by atoms with van der Waals surface area (Å²) in [5, 5.41) is 2.47. The first-order chi connectivity index (χ1) is 4.83. The van der Waals surface area contributed by atoms with Gasteiger partial charge in [0, 0.05) is 9.77 Å². The van der Waals surface area contributed by atoms with E-state index < -0.39 is 0 Å². The SMILES string of the molecule is O=NNc1ccc(I)cn1.[Na+]. The van der Waals surface area contributed by atoms with Gasteiger partial charge in [0.05, 0.1) is 5.29 Å². The Labute approximate surface area is 99.5 Å². The molecule has 0 fully saturated rings. The summed E-state index contributed by atoms with van der Waals surface area (Å²) in [6.45, 7) is 0. The van der Waals surface area contributed by atoms with E-state index in [0.717, 1.165) is 3.57 Å². The minimum Gasteiger partial charge on any atom is -0.237 e. The van der Waals surface area contributed by atoms with Gasteiger partial charge in [-0.1, -0.05) is 0 Å². The Hall–Kier alpha value is 0.280. The monoisotopic (exact) mass is 272 g/mol. The van der Waals surface area contributed by atoms with Crippen LogP contribution in [0.25, 0.3) is 0 Å². The largest absolute Gasteiger partial charge is 1.00 e. The first kappa shape index (κ1) is 11.3. The van der Waals surface area contributed by atoms with Crippen LogP contribution in [0, 0.1) is 8.48 Å². The van der Waals surface area contributed by atoms with Crippen LogP contribution in [-0.2, 0) is 0 Å². The smallest absolute Gasteiger partial charge is 0.237 e. The molecule has 0 atom stereocenters. The predicted molar refractivity (Wildman–Crippen MR) is 46.4 cm³/mol. The summed E-state index contributed by atoms with van der Waals surface area (Å²) in [6, 6.07) is 3.52. The second-order valence-corrected chi connectivity index (χ2v) is 2.81. The van der Waals surface area contributed by atoms with Crippen molar-refractivity contribution in [2.45, 2.75) is 0 Å². The Morgan fingerprint density at radius 2 is 2.27 bits per heavy atom. The number of hydrogen-bond acceptors (Lipinski definition) is 3. The van der Waals surface area contributed by atoms with Crippen molar-refractivity contribution in [3.8, 4) is 0 Å². The second kappa shape index (κ2) is 5.87. The maximum atomic E-state index is 9.66. The molecule has 0 radical (unpaired) electrons. The van der Waals surface area contributed by atoms with Gasteiger partial charge in [-0.2, -0.15) is 0 Å². The molecule has 6 heteroatoms. The number of rotatable bonds is 2. The van der Waals surface area contributed by atoms with Gasteiger partial charge < -0.3 is 0 Å². The maximum Gasteiger partial charge on any atom is 1.00 e. The van der Waals surface area contributed by atoms with Crippen molar-refractivity contribution < 1.29 is 29.6 Å². The number of hydrogen-bond donors (Lipinski definition) is 1. The molecular weight excluding hydrogens is 268 g/mol. The van der Waals surface area contributed by atoms with Gasteiger partial charge in [0.25, 0.3) is 0 Å². The fourth-order valence-electron chi connectivity index (χ4n) is 0.489. The standard InChI is InChI=1S/C5H4IN3O.Na/c6-4-1-2-5(7-3-4)8-9-10;/h1-3H,(H,7,8,10);/q;+1. The van der Waals surface area contributed by atoms with Gasteiger partial charge in [-0.3, -0.25) is 0 Å². The van der Waals surface area contributed by atoms with Gasteiger partial charge in [0.2, 0.25) is 0 Å². The summed E-state index contributed by atoms with van der Waals surface area (Å²) in [7, 11) is 0. The molecule has 1 rings (SSSR count). The number of nitrogens with one attached hydrogen (secondary N) is 1. The zero-order valence-corrected chi connectivity index (χ0v) is 10.1. The van der Waals surface area contributed by atoms with Gasteiger partial charge in [-0.05, 0) is 34.7 Å². The summed E-state index contributed by atoms with van der Waals surface area (Å²) >= 11 is 2.13. The van der Waals surface area contributed by atoms with E-state index in [4.69, 9.17) is 0 Å². The summed E-state index contributed by atoms with van der Waals surface area (Å²) in [4.78, 5) is 13.5. The van der Waals surface area contributed by atoms with Gasteiger partial charge in [0.15, 0.2) is 0 Å². The molecule has 0 spiro atoms. The third-order valence-electron chi connectivity index (χ3n) is 0.888. The van der Waals surface area contributed by atoms with Crippen LogP contribution >= 0.6 is 22.6 Å². The molecule has 0 bridgehead atoms. The Morgan fingerprint density at radius 1 is 1.55 bits per heavy atom. The number of nitroso groups, excluding NO2 is 1. The van der Waals surface area contributed by atoms with Crippen LogP contribution in [0.3, 0.4) is 0 Å². The van der Waals surface area contributed by atoms with Crippen molar-refractivity contribution in [3.63, 3.8) is 0 Å². The third kappa shape index (κ3) is 4.00. The molecule has 4 nitrogen and oxygen atoms in total. The minimum absolute atomic E-state index is 0. The van der Waals surface area contributed by atoms with Crippen molar-refractivity contribution in [3.05, 3.63) is 26.8 Å². The molecule has 1 heterocycles. The van der Waals surface area contributed by atoms with E-state index in [2.05, 4.69) is 38.3 Å². The molecule has 0 unspecified atom stereocenters. The summed E-state index contributed by atoms with van der Waals surface area (Å²) in [5.41, 5.74) is 2.19. The van der Waals surface area contributed by atoms with Gasteiger partial charge >= 0.3 is 29.6 Å². The van der Waals surface area contributed by atoms with Crippen LogP contribution < -0.4 is 35.0 Å². The topological polar surface area (TPSA) is 54.4 Å². The van der Waals surface area contributed by atoms with Crippen molar-refractivity contribution in [2.24, 2.45) is 5.29 Å². The van der Waals surface area contributed by atoms with E-state index in [1.165, 1.54) is 0 Å². The van der Waals surface area contributed by atoms with Crippen LogP contribution in [-0.4, -0.2) is 4.98 Å². The van der Waals surface area contributed by atoms with E-state index in [9.17, 15) is 4.91 Å². The van der Waals surface area contributed by atoms with E-state index >= 15 is 0 Å². The molecule has 11 heavy (non-hydrogen) atoms. The average Bonchev–Trinajstić information content (AvgIpc) is 1.95. The number of anilines is 1. The molecule has 0 saturated carbocycles. The van der Waals surface area contributed by atoms with Crippen molar-refractivity contribution in [2.75, 3.05) is 5.43 Å². The second-order valence-electron chi connectivity index (χ2n) is 1.56. The Bertz CT molecular complexity index is 228. The molecule has 52 valence electrons. The molecule has 0 amide bonds. The summed E-state index contributed by atoms with van der Waals surface area (Å²) in [6.07, 6.45) is 1.65. The quantitative estimate of drug-likeness (QED) is 0.318. The molecule has 1 N–H and O–H groups in total. The summed E-state index contributed by atoms with van der Waals surface area (Å²) < 4.78 is 1.02.